The molecule has 6 heteroatoms. The molecule has 0 saturated carbocycles. The predicted molar refractivity (Wildman–Crippen MR) is 100 cm³/mol. The maximum atomic E-state index is 12.0. The Bertz CT molecular complexity index is 738. The van der Waals surface area contributed by atoms with E-state index < -0.39 is 0 Å². The highest BCUT2D eigenvalue weighted by Gasteiger charge is 2.13. The second-order valence-electron chi connectivity index (χ2n) is 6.46. The van der Waals surface area contributed by atoms with Crippen molar-refractivity contribution < 1.29 is 9.53 Å². The monoisotopic (exact) mass is 366 g/mol. The van der Waals surface area contributed by atoms with E-state index in [1.54, 1.807) is 0 Å². The summed E-state index contributed by atoms with van der Waals surface area (Å²) in [5, 5.41) is 3.29. The van der Waals surface area contributed by atoms with Crippen LogP contribution < -0.4 is 15.8 Å². The fourth-order valence-corrected chi connectivity index (χ4v) is 2.43. The van der Waals surface area contributed by atoms with Crippen LogP contribution in [0.15, 0.2) is 36.4 Å². The molecule has 0 aliphatic rings. The minimum absolute atomic E-state index is 0.0705. The summed E-state index contributed by atoms with van der Waals surface area (Å²) >= 11 is 12.0. The van der Waals surface area contributed by atoms with Crippen molar-refractivity contribution in [3.8, 4) is 5.75 Å². The van der Waals surface area contributed by atoms with Gasteiger partial charge in [0.2, 0.25) is 0 Å². The van der Waals surface area contributed by atoms with E-state index in [1.165, 1.54) is 17.7 Å². The average molecular weight is 367 g/mol. The molecule has 2 rings (SSSR count). The summed E-state index contributed by atoms with van der Waals surface area (Å²) < 4.78 is 5.49. The van der Waals surface area contributed by atoms with E-state index in [1.807, 2.05) is 24.3 Å². The Kier molecular flexibility index (Phi) is 5.62. The molecule has 2 aromatic rings. The van der Waals surface area contributed by atoms with Gasteiger partial charge in [-0.2, -0.15) is 0 Å². The van der Waals surface area contributed by atoms with Crippen LogP contribution >= 0.6 is 23.2 Å². The number of nitrogen functional groups attached to an aromatic ring is 1. The number of hydrogen-bond donors (Lipinski definition) is 2. The van der Waals surface area contributed by atoms with Crippen molar-refractivity contribution in [3.05, 3.63) is 52.0 Å². The van der Waals surface area contributed by atoms with Crippen LogP contribution in [0, 0.1) is 0 Å². The molecule has 0 atom stereocenters. The van der Waals surface area contributed by atoms with E-state index in [0.717, 1.165) is 0 Å². The maximum absolute atomic E-state index is 12.0. The Morgan fingerprint density at radius 2 is 1.75 bits per heavy atom. The van der Waals surface area contributed by atoms with Gasteiger partial charge in [0.1, 0.15) is 5.75 Å². The van der Waals surface area contributed by atoms with E-state index >= 15 is 0 Å². The molecular weight excluding hydrogens is 347 g/mol. The second kappa shape index (κ2) is 7.32. The fourth-order valence-electron chi connectivity index (χ4n) is 2.04. The minimum Gasteiger partial charge on any atom is -0.484 e. The molecule has 0 unspecified atom stereocenters. The van der Waals surface area contributed by atoms with Crippen LogP contribution in [-0.2, 0) is 10.2 Å². The second-order valence-corrected chi connectivity index (χ2v) is 7.28. The largest absolute Gasteiger partial charge is 0.484 e. The highest BCUT2D eigenvalue weighted by molar-refractivity contribution is 6.37. The number of halogens is 2. The van der Waals surface area contributed by atoms with E-state index in [0.29, 0.717) is 27.2 Å². The molecule has 2 aromatic carbocycles. The van der Waals surface area contributed by atoms with Gasteiger partial charge in [-0.3, -0.25) is 4.79 Å². The number of carbonyl (C=O) groups excluding carboxylic acids is 1. The molecule has 0 bridgehead atoms. The number of rotatable bonds is 4. The Balaban J connectivity index is 1.95. The van der Waals surface area contributed by atoms with Gasteiger partial charge in [-0.1, -0.05) is 56.1 Å². The Morgan fingerprint density at radius 1 is 1.12 bits per heavy atom. The standard InChI is InChI=1S/C18H20Cl2N2O2/c1-18(2,3)11-4-6-12(7-5-11)24-10-17(23)22-16-9-13(19)15(21)8-14(16)20/h4-9H,10,21H2,1-3H3,(H,22,23). The van der Waals surface area contributed by atoms with Crippen molar-refractivity contribution in [2.24, 2.45) is 0 Å². The summed E-state index contributed by atoms with van der Waals surface area (Å²) in [6.45, 7) is 6.28. The summed E-state index contributed by atoms with van der Waals surface area (Å²) in [6.07, 6.45) is 0. The molecule has 4 nitrogen and oxygen atoms in total. The van der Waals surface area contributed by atoms with Crippen LogP contribution in [0.3, 0.4) is 0 Å². The number of anilines is 2. The SMILES string of the molecule is CC(C)(C)c1ccc(OCC(=O)Nc2cc(Cl)c(N)cc2Cl)cc1. The van der Waals surface area contributed by atoms with Crippen LogP contribution in [-0.4, -0.2) is 12.5 Å². The van der Waals surface area contributed by atoms with Crippen LogP contribution in [0.1, 0.15) is 26.3 Å². The molecule has 0 aliphatic carbocycles. The molecule has 0 fully saturated rings. The molecule has 1 amide bonds. The first-order valence-corrected chi connectivity index (χ1v) is 8.20. The third kappa shape index (κ3) is 4.79. The van der Waals surface area contributed by atoms with Crippen molar-refractivity contribution in [1.82, 2.24) is 0 Å². The van der Waals surface area contributed by atoms with Gasteiger partial charge in [0.15, 0.2) is 6.61 Å². The third-order valence-corrected chi connectivity index (χ3v) is 4.09. The van der Waals surface area contributed by atoms with Crippen molar-refractivity contribution in [1.29, 1.82) is 0 Å². The van der Waals surface area contributed by atoms with Gasteiger partial charge in [0.25, 0.3) is 5.91 Å². The third-order valence-electron chi connectivity index (χ3n) is 3.45. The number of hydrogen-bond acceptors (Lipinski definition) is 3. The van der Waals surface area contributed by atoms with Crippen LogP contribution in [0.25, 0.3) is 0 Å². The Morgan fingerprint density at radius 3 is 2.33 bits per heavy atom. The lowest BCUT2D eigenvalue weighted by atomic mass is 9.87. The molecule has 128 valence electrons. The molecule has 0 radical (unpaired) electrons. The number of amides is 1. The van der Waals surface area contributed by atoms with Crippen molar-refractivity contribution in [2.45, 2.75) is 26.2 Å². The number of carbonyl (C=O) groups is 1. The molecule has 0 heterocycles. The number of nitrogens with one attached hydrogen (secondary N) is 1. The van der Waals surface area contributed by atoms with Gasteiger partial charge in [0, 0.05) is 0 Å². The summed E-state index contributed by atoms with van der Waals surface area (Å²) in [7, 11) is 0. The predicted octanol–water partition coefficient (Wildman–Crippen LogP) is 4.89. The zero-order valence-corrected chi connectivity index (χ0v) is 15.3. The van der Waals surface area contributed by atoms with Crippen molar-refractivity contribution in [3.63, 3.8) is 0 Å². The van der Waals surface area contributed by atoms with E-state index in [9.17, 15) is 4.79 Å². The zero-order valence-electron chi connectivity index (χ0n) is 13.8. The first kappa shape index (κ1) is 18.4. The minimum atomic E-state index is -0.336. The maximum Gasteiger partial charge on any atom is 0.262 e. The molecular formula is C18H20Cl2N2O2. The highest BCUT2D eigenvalue weighted by Crippen LogP contribution is 2.30. The quantitative estimate of drug-likeness (QED) is 0.756. The lowest BCUT2D eigenvalue weighted by Gasteiger charge is -2.19. The molecule has 0 saturated heterocycles. The van der Waals surface area contributed by atoms with Crippen LogP contribution in [0.2, 0.25) is 10.0 Å². The van der Waals surface area contributed by atoms with Gasteiger partial charge in [-0.05, 0) is 35.2 Å². The number of ether oxygens (including phenoxy) is 1. The molecule has 24 heavy (non-hydrogen) atoms. The van der Waals surface area contributed by atoms with E-state index in [-0.39, 0.29) is 17.9 Å². The molecule has 0 aromatic heterocycles. The van der Waals surface area contributed by atoms with E-state index in [2.05, 4.69) is 26.1 Å². The smallest absolute Gasteiger partial charge is 0.262 e. The van der Waals surface area contributed by atoms with E-state index in [4.69, 9.17) is 33.7 Å². The number of benzene rings is 2. The summed E-state index contributed by atoms with van der Waals surface area (Å²) in [6, 6.07) is 10.7. The van der Waals surface area contributed by atoms with Gasteiger partial charge in [0.05, 0.1) is 21.4 Å². The molecule has 3 N–H and O–H groups in total. The molecule has 0 aliphatic heterocycles. The summed E-state index contributed by atoms with van der Waals surface area (Å²) in [4.78, 5) is 12.0. The summed E-state index contributed by atoms with van der Waals surface area (Å²) in [5.41, 5.74) is 7.66. The van der Waals surface area contributed by atoms with Crippen LogP contribution in [0.5, 0.6) is 5.75 Å². The number of nitrogens with two attached hydrogens (primary N) is 1. The van der Waals surface area contributed by atoms with Gasteiger partial charge in [-0.15, -0.1) is 0 Å². The molecule has 0 spiro atoms. The average Bonchev–Trinajstić information content (AvgIpc) is 2.50. The highest BCUT2D eigenvalue weighted by atomic mass is 35.5. The lowest BCUT2D eigenvalue weighted by Crippen LogP contribution is -2.20. The fraction of sp³-hybridized carbons (Fsp3) is 0.278. The summed E-state index contributed by atoms with van der Waals surface area (Å²) in [5.74, 6) is 0.289. The van der Waals surface area contributed by atoms with Crippen molar-refractivity contribution in [2.75, 3.05) is 17.7 Å². The van der Waals surface area contributed by atoms with Crippen molar-refractivity contribution >= 4 is 40.5 Å². The normalized spacial score (nSPS) is 11.2. The Labute approximate surface area is 151 Å². The first-order chi connectivity index (χ1) is 11.2. The topological polar surface area (TPSA) is 64.3 Å². The zero-order chi connectivity index (χ0) is 17.9. The van der Waals surface area contributed by atoms with Gasteiger partial charge in [-0.25, -0.2) is 0 Å². The Hall–Kier alpha value is -1.91. The first-order valence-electron chi connectivity index (χ1n) is 7.44. The van der Waals surface area contributed by atoms with Crippen LogP contribution in [0.4, 0.5) is 11.4 Å². The van der Waals surface area contributed by atoms with Gasteiger partial charge < -0.3 is 15.8 Å². The lowest BCUT2D eigenvalue weighted by molar-refractivity contribution is -0.118. The van der Waals surface area contributed by atoms with Gasteiger partial charge >= 0.3 is 0 Å².